The number of piperidine rings is 1. The number of para-hydroxylation sites is 1. The topological polar surface area (TPSA) is 75.4 Å². The van der Waals surface area contributed by atoms with Crippen LogP contribution in [0.25, 0.3) is 5.69 Å². The van der Waals surface area contributed by atoms with Crippen molar-refractivity contribution in [1.29, 1.82) is 0 Å². The van der Waals surface area contributed by atoms with Crippen molar-refractivity contribution >= 4 is 5.91 Å². The van der Waals surface area contributed by atoms with Crippen LogP contribution in [0.2, 0.25) is 0 Å². The van der Waals surface area contributed by atoms with Gasteiger partial charge in [-0.2, -0.15) is 9.78 Å². The highest BCUT2D eigenvalue weighted by atomic mass is 19.1. The Kier molecular flexibility index (Phi) is 4.94. The first-order chi connectivity index (χ1) is 12.0. The lowest BCUT2D eigenvalue weighted by molar-refractivity contribution is 0.0460. The second kappa shape index (κ2) is 7.14. The minimum atomic E-state index is -0.589. The van der Waals surface area contributed by atoms with Crippen molar-refractivity contribution in [3.63, 3.8) is 0 Å². The molecular formula is C18H20FN3O3. The quantitative estimate of drug-likeness (QED) is 0.917. The third-order valence-corrected chi connectivity index (χ3v) is 4.53. The zero-order valence-corrected chi connectivity index (χ0v) is 13.9. The summed E-state index contributed by atoms with van der Waals surface area (Å²) in [7, 11) is 0. The van der Waals surface area contributed by atoms with Crippen molar-refractivity contribution in [1.82, 2.24) is 14.7 Å². The number of halogens is 1. The molecule has 132 valence electrons. The number of benzene rings is 1. The van der Waals surface area contributed by atoms with Crippen LogP contribution in [0.1, 0.15) is 30.3 Å². The van der Waals surface area contributed by atoms with Gasteiger partial charge in [-0.05, 0) is 38.0 Å². The van der Waals surface area contributed by atoms with Crippen molar-refractivity contribution in [3.05, 3.63) is 58.3 Å². The first-order valence-corrected chi connectivity index (χ1v) is 8.30. The highest BCUT2D eigenvalue weighted by Crippen LogP contribution is 2.21. The van der Waals surface area contributed by atoms with Gasteiger partial charge in [0.2, 0.25) is 0 Å². The fraction of sp³-hybridized carbons (Fsp3) is 0.389. The molecule has 1 saturated heterocycles. The first kappa shape index (κ1) is 17.3. The molecule has 1 N–H and O–H groups in total. The Labute approximate surface area is 144 Å². The molecule has 1 aliphatic heterocycles. The third kappa shape index (κ3) is 3.61. The van der Waals surface area contributed by atoms with Crippen LogP contribution in [0.4, 0.5) is 4.39 Å². The van der Waals surface area contributed by atoms with Crippen molar-refractivity contribution in [2.45, 2.75) is 25.9 Å². The highest BCUT2D eigenvalue weighted by molar-refractivity contribution is 5.92. The summed E-state index contributed by atoms with van der Waals surface area (Å²) in [6.07, 6.45) is 1.17. The largest absolute Gasteiger partial charge is 0.393 e. The molecule has 1 fully saturated rings. The van der Waals surface area contributed by atoms with Gasteiger partial charge < -0.3 is 10.0 Å². The number of aromatic nitrogens is 2. The number of carbonyl (C=O) groups is 1. The zero-order chi connectivity index (χ0) is 18.0. The molecule has 2 unspecified atom stereocenters. The van der Waals surface area contributed by atoms with E-state index in [1.54, 1.807) is 17.9 Å². The molecule has 0 bridgehead atoms. The fourth-order valence-corrected chi connectivity index (χ4v) is 3.07. The number of nitrogens with zero attached hydrogens (tertiary/aromatic N) is 3. The molecule has 6 nitrogen and oxygen atoms in total. The van der Waals surface area contributed by atoms with Crippen LogP contribution in [0.5, 0.6) is 0 Å². The van der Waals surface area contributed by atoms with Crippen LogP contribution < -0.4 is 5.56 Å². The molecule has 0 radical (unpaired) electrons. The average Bonchev–Trinajstić information content (AvgIpc) is 2.62. The predicted molar refractivity (Wildman–Crippen MR) is 90.1 cm³/mol. The van der Waals surface area contributed by atoms with E-state index in [0.717, 1.165) is 17.5 Å². The lowest BCUT2D eigenvalue weighted by Gasteiger charge is -2.33. The molecular weight excluding hydrogens is 325 g/mol. The van der Waals surface area contributed by atoms with Crippen LogP contribution in [0.3, 0.4) is 0 Å². The molecule has 0 aliphatic carbocycles. The summed E-state index contributed by atoms with van der Waals surface area (Å²) in [5.74, 6) is -0.889. The van der Waals surface area contributed by atoms with E-state index < -0.39 is 17.5 Å². The van der Waals surface area contributed by atoms with Gasteiger partial charge in [0, 0.05) is 25.1 Å². The minimum Gasteiger partial charge on any atom is -0.393 e. The molecule has 3 rings (SSSR count). The number of aliphatic hydroxyl groups is 1. The van der Waals surface area contributed by atoms with Gasteiger partial charge in [-0.3, -0.25) is 9.59 Å². The van der Waals surface area contributed by atoms with E-state index in [2.05, 4.69) is 5.10 Å². The number of aliphatic hydroxyl groups excluding tert-OH is 1. The Morgan fingerprint density at radius 1 is 1.32 bits per heavy atom. The first-order valence-electron chi connectivity index (χ1n) is 8.30. The van der Waals surface area contributed by atoms with Gasteiger partial charge in [-0.15, -0.1) is 0 Å². The molecule has 7 heteroatoms. The summed E-state index contributed by atoms with van der Waals surface area (Å²) in [5, 5.41) is 13.8. The number of amides is 1. The van der Waals surface area contributed by atoms with Crippen molar-refractivity contribution in [3.8, 4) is 5.69 Å². The molecule has 2 aromatic rings. The maximum absolute atomic E-state index is 14.0. The maximum Gasteiger partial charge on any atom is 0.274 e. The summed E-state index contributed by atoms with van der Waals surface area (Å²) in [6.45, 7) is 2.73. The van der Waals surface area contributed by atoms with Gasteiger partial charge in [0.1, 0.15) is 17.2 Å². The van der Waals surface area contributed by atoms with Crippen LogP contribution in [0.15, 0.2) is 41.2 Å². The smallest absolute Gasteiger partial charge is 0.274 e. The summed E-state index contributed by atoms with van der Waals surface area (Å²) >= 11 is 0. The van der Waals surface area contributed by atoms with Crippen LogP contribution in [-0.4, -0.2) is 44.9 Å². The van der Waals surface area contributed by atoms with Crippen LogP contribution in [0, 0.1) is 11.7 Å². The highest BCUT2D eigenvalue weighted by Gasteiger charge is 2.28. The van der Waals surface area contributed by atoms with Crippen molar-refractivity contribution in [2.75, 3.05) is 13.1 Å². The number of carbonyl (C=O) groups excluding carboxylic acids is 1. The summed E-state index contributed by atoms with van der Waals surface area (Å²) in [5.41, 5.74) is -0.432. The van der Waals surface area contributed by atoms with E-state index in [9.17, 15) is 19.1 Å². The van der Waals surface area contributed by atoms with Gasteiger partial charge in [-0.25, -0.2) is 4.39 Å². The number of rotatable bonds is 3. The summed E-state index contributed by atoms with van der Waals surface area (Å²) in [6, 6.07) is 8.34. The van der Waals surface area contributed by atoms with Gasteiger partial charge in [0.05, 0.1) is 6.10 Å². The van der Waals surface area contributed by atoms with Crippen LogP contribution >= 0.6 is 0 Å². The standard InChI is InChI=1S/C18H20FN3O3/c1-12(23)13-5-4-10-21(11-13)18(25)15-8-9-17(24)22(20-15)16-7-3-2-6-14(16)19/h2-3,6-9,12-13,23H,4-5,10-11H2,1H3. The van der Waals surface area contributed by atoms with E-state index in [1.807, 2.05) is 0 Å². The second-order valence-corrected chi connectivity index (χ2v) is 6.31. The number of hydrogen-bond donors (Lipinski definition) is 1. The van der Waals surface area contributed by atoms with E-state index in [-0.39, 0.29) is 23.2 Å². The average molecular weight is 345 g/mol. The lowest BCUT2D eigenvalue weighted by atomic mass is 9.93. The Morgan fingerprint density at radius 2 is 2.08 bits per heavy atom. The SMILES string of the molecule is CC(O)C1CCCN(C(=O)c2ccc(=O)n(-c3ccccc3F)n2)C1. The molecule has 25 heavy (non-hydrogen) atoms. The molecule has 1 aromatic heterocycles. The van der Waals surface area contributed by atoms with E-state index in [0.29, 0.717) is 13.1 Å². The van der Waals surface area contributed by atoms with Crippen molar-refractivity contribution < 1.29 is 14.3 Å². The summed E-state index contributed by atoms with van der Waals surface area (Å²) in [4.78, 5) is 26.4. The molecule has 0 spiro atoms. The molecule has 1 aromatic carbocycles. The van der Waals surface area contributed by atoms with Gasteiger partial charge in [-0.1, -0.05) is 12.1 Å². The molecule has 2 heterocycles. The van der Waals surface area contributed by atoms with E-state index in [4.69, 9.17) is 0 Å². The normalized spacial score (nSPS) is 18.8. The zero-order valence-electron chi connectivity index (χ0n) is 13.9. The summed E-state index contributed by atoms with van der Waals surface area (Å²) < 4.78 is 14.9. The second-order valence-electron chi connectivity index (χ2n) is 6.31. The Bertz CT molecular complexity index is 834. The van der Waals surface area contributed by atoms with E-state index in [1.165, 1.54) is 30.3 Å². The molecule has 1 aliphatic rings. The Balaban J connectivity index is 1.91. The minimum absolute atomic E-state index is 0.00245. The molecule has 2 atom stereocenters. The predicted octanol–water partition coefficient (Wildman–Crippen LogP) is 1.60. The number of hydrogen-bond acceptors (Lipinski definition) is 4. The fourth-order valence-electron chi connectivity index (χ4n) is 3.07. The third-order valence-electron chi connectivity index (χ3n) is 4.53. The number of likely N-dealkylation sites (tertiary alicyclic amines) is 1. The van der Waals surface area contributed by atoms with E-state index >= 15 is 0 Å². The van der Waals surface area contributed by atoms with Crippen LogP contribution in [-0.2, 0) is 0 Å². The molecule has 0 saturated carbocycles. The lowest BCUT2D eigenvalue weighted by Crippen LogP contribution is -2.43. The Morgan fingerprint density at radius 3 is 2.80 bits per heavy atom. The van der Waals surface area contributed by atoms with Crippen molar-refractivity contribution in [2.24, 2.45) is 5.92 Å². The van der Waals surface area contributed by atoms with Gasteiger partial charge in [0.15, 0.2) is 0 Å². The van der Waals surface area contributed by atoms with Gasteiger partial charge in [0.25, 0.3) is 11.5 Å². The van der Waals surface area contributed by atoms with Gasteiger partial charge >= 0.3 is 0 Å². The molecule has 1 amide bonds. The monoisotopic (exact) mass is 345 g/mol. The Hall–Kier alpha value is -2.54. The maximum atomic E-state index is 14.0.